The number of halogens is 2. The van der Waals surface area contributed by atoms with Crippen molar-refractivity contribution >= 4 is 11.8 Å². The lowest BCUT2D eigenvalue weighted by Gasteiger charge is -2.47. The summed E-state index contributed by atoms with van der Waals surface area (Å²) in [6, 6.07) is -0.834. The number of likely N-dealkylation sites (N-methyl/N-ethyl adjacent to an activating group) is 2. The quantitative estimate of drug-likeness (QED) is 0.351. The zero-order chi connectivity index (χ0) is 30.8. The van der Waals surface area contributed by atoms with Gasteiger partial charge in [-0.3, -0.25) is 24.7 Å². The summed E-state index contributed by atoms with van der Waals surface area (Å²) in [5.74, 6) is -0.913. The van der Waals surface area contributed by atoms with Crippen LogP contribution in [0.2, 0.25) is 0 Å². The van der Waals surface area contributed by atoms with E-state index in [9.17, 15) is 14.0 Å². The predicted octanol–water partition coefficient (Wildman–Crippen LogP) is 0.772. The van der Waals surface area contributed by atoms with Crippen LogP contribution in [0.25, 0.3) is 0 Å². The second-order valence-electron chi connectivity index (χ2n) is 13.2. The lowest BCUT2D eigenvalue weighted by atomic mass is 9.83. The molecule has 7 unspecified atom stereocenters. The average Bonchev–Trinajstić information content (AvgIpc) is 3.06. The molecule has 3 saturated heterocycles. The summed E-state index contributed by atoms with van der Waals surface area (Å²) in [7, 11) is 3.80. The highest BCUT2D eigenvalue weighted by Gasteiger charge is 2.45. The summed E-state index contributed by atoms with van der Waals surface area (Å²) >= 11 is 0. The molecular formula is C31H52F2N8O2. The Hall–Kier alpha value is -2.12. The van der Waals surface area contributed by atoms with Crippen LogP contribution in [0.15, 0.2) is 23.2 Å². The zero-order valence-corrected chi connectivity index (χ0v) is 26.3. The van der Waals surface area contributed by atoms with E-state index in [-0.39, 0.29) is 48.7 Å². The Morgan fingerprint density at radius 1 is 1.12 bits per heavy atom. The summed E-state index contributed by atoms with van der Waals surface area (Å²) < 4.78 is 30.5. The van der Waals surface area contributed by atoms with E-state index in [1.165, 1.54) is 0 Å². The number of carbonyl (C=O) groups excluding carboxylic acids is 2. The van der Waals surface area contributed by atoms with Crippen LogP contribution in [0.5, 0.6) is 0 Å². The van der Waals surface area contributed by atoms with Gasteiger partial charge >= 0.3 is 0 Å². The average molecular weight is 607 g/mol. The summed E-state index contributed by atoms with van der Waals surface area (Å²) in [5.41, 5.74) is 8.68. The van der Waals surface area contributed by atoms with Gasteiger partial charge in [0.15, 0.2) is 0 Å². The number of fused-ring (bicyclic) bond motifs is 2. The van der Waals surface area contributed by atoms with E-state index >= 15 is 4.39 Å². The van der Waals surface area contributed by atoms with Gasteiger partial charge in [0.2, 0.25) is 11.8 Å². The number of piperidine rings is 2. The lowest BCUT2D eigenvalue weighted by Crippen LogP contribution is -2.67. The molecule has 0 radical (unpaired) electrons. The van der Waals surface area contributed by atoms with Gasteiger partial charge in [-0.1, -0.05) is 13.8 Å². The van der Waals surface area contributed by atoms with Crippen LogP contribution in [0.3, 0.4) is 0 Å². The number of piperazine rings is 1. The summed E-state index contributed by atoms with van der Waals surface area (Å²) in [6.45, 7) is 8.38. The fraction of sp³-hybridized carbons (Fsp3) is 0.806. The first kappa shape index (κ1) is 32.3. The third kappa shape index (κ3) is 6.78. The van der Waals surface area contributed by atoms with Crippen LogP contribution in [0.1, 0.15) is 46.0 Å². The number of nitrogens with zero attached hydrogens (tertiary/aromatic N) is 4. The van der Waals surface area contributed by atoms with E-state index in [2.05, 4.69) is 34.7 Å². The molecule has 0 aromatic carbocycles. The Morgan fingerprint density at radius 2 is 1.86 bits per heavy atom. The van der Waals surface area contributed by atoms with E-state index < -0.39 is 30.3 Å². The van der Waals surface area contributed by atoms with E-state index in [4.69, 9.17) is 5.73 Å². The van der Waals surface area contributed by atoms with E-state index in [1.54, 1.807) is 6.08 Å². The molecular weight excluding hydrogens is 554 g/mol. The van der Waals surface area contributed by atoms with Gasteiger partial charge in [-0.05, 0) is 56.7 Å². The molecule has 5 rings (SSSR count). The molecule has 2 bridgehead atoms. The highest BCUT2D eigenvalue weighted by Crippen LogP contribution is 2.37. The van der Waals surface area contributed by atoms with Crippen LogP contribution in [-0.4, -0.2) is 134 Å². The molecule has 0 aromatic heterocycles. The molecule has 5 heterocycles. The second-order valence-corrected chi connectivity index (χ2v) is 13.2. The number of rotatable bonds is 6. The number of hydrogen-bond acceptors (Lipinski definition) is 8. The van der Waals surface area contributed by atoms with Crippen molar-refractivity contribution in [3.63, 3.8) is 0 Å². The molecule has 43 heavy (non-hydrogen) atoms. The fourth-order valence-corrected chi connectivity index (χ4v) is 8.32. The minimum atomic E-state index is -1.15. The molecule has 7 atom stereocenters. The standard InChI is InChI=1S/C31H52F2N8O2/c1-5-21-22(6-2)28-27(30(34)36-24(21)8-7-19(32)17-39(28)4)31(43)37-25-16-35-15-23(33)29(25)40-11-9-20(10-12-40)41-14-13-38(3)18-26(41)42/h7,20-21,23-25,27,29-30,35-36H,5-6,8-18,34H2,1-4H3,(H,37,43). The van der Waals surface area contributed by atoms with Crippen molar-refractivity contribution in [1.29, 1.82) is 0 Å². The van der Waals surface area contributed by atoms with Crippen LogP contribution in [0.4, 0.5) is 8.78 Å². The topological polar surface area (TPSA) is 109 Å². The van der Waals surface area contributed by atoms with Crippen LogP contribution in [0, 0.1) is 11.8 Å². The Bertz CT molecular complexity index is 1080. The number of likely N-dealkylation sites (tertiary alicyclic amines) is 1. The van der Waals surface area contributed by atoms with Crippen molar-refractivity contribution in [2.24, 2.45) is 17.6 Å². The molecule has 2 amide bonds. The molecule has 5 aliphatic rings. The van der Waals surface area contributed by atoms with Gasteiger partial charge in [-0.15, -0.1) is 0 Å². The molecule has 5 aliphatic heterocycles. The largest absolute Gasteiger partial charge is 0.370 e. The maximum absolute atomic E-state index is 15.7. The first-order chi connectivity index (χ1) is 20.6. The van der Waals surface area contributed by atoms with Crippen molar-refractivity contribution in [2.45, 2.75) is 82.5 Å². The molecule has 12 heteroatoms. The van der Waals surface area contributed by atoms with Gasteiger partial charge in [0, 0.05) is 64.1 Å². The molecule has 242 valence electrons. The number of nitrogens with one attached hydrogen (secondary N) is 3. The highest BCUT2D eigenvalue weighted by atomic mass is 19.1. The maximum Gasteiger partial charge on any atom is 0.237 e. The first-order valence-electron chi connectivity index (χ1n) is 16.3. The summed E-state index contributed by atoms with van der Waals surface area (Å²) in [6.07, 6.45) is 3.50. The van der Waals surface area contributed by atoms with Gasteiger partial charge < -0.3 is 26.2 Å². The highest BCUT2D eigenvalue weighted by molar-refractivity contribution is 5.83. The third-order valence-corrected chi connectivity index (χ3v) is 10.4. The van der Waals surface area contributed by atoms with E-state index in [1.807, 2.05) is 28.8 Å². The Labute approximate surface area is 255 Å². The van der Waals surface area contributed by atoms with Gasteiger partial charge in [-0.2, -0.15) is 0 Å². The summed E-state index contributed by atoms with van der Waals surface area (Å²) in [4.78, 5) is 35.0. The van der Waals surface area contributed by atoms with Crippen LogP contribution < -0.4 is 21.7 Å². The minimum Gasteiger partial charge on any atom is -0.370 e. The number of amides is 2. The van der Waals surface area contributed by atoms with Crippen LogP contribution >= 0.6 is 0 Å². The van der Waals surface area contributed by atoms with Crippen molar-refractivity contribution < 1.29 is 18.4 Å². The Balaban J connectivity index is 1.34. The monoisotopic (exact) mass is 606 g/mol. The van der Waals surface area contributed by atoms with Crippen LogP contribution in [-0.2, 0) is 9.59 Å². The SMILES string of the molecule is CCC1=C2C(C(=O)NC3CNCC(F)C3N3CCC(N4CCN(C)CC4=O)CC3)C(N)NC(CC=C(F)CN2C)C1CC. The van der Waals surface area contributed by atoms with E-state index in [0.29, 0.717) is 32.6 Å². The van der Waals surface area contributed by atoms with Gasteiger partial charge in [0.25, 0.3) is 0 Å². The molecule has 0 aromatic rings. The smallest absolute Gasteiger partial charge is 0.237 e. The normalized spacial score (nSPS) is 35.7. The Kier molecular flexibility index (Phi) is 10.4. The molecule has 10 nitrogen and oxygen atoms in total. The molecule has 5 N–H and O–H groups in total. The number of hydrogen-bond donors (Lipinski definition) is 4. The number of carbonyl (C=O) groups is 2. The molecule has 3 fully saturated rings. The van der Waals surface area contributed by atoms with Crippen molar-refractivity contribution in [2.75, 3.05) is 66.5 Å². The fourth-order valence-electron chi connectivity index (χ4n) is 8.32. The third-order valence-electron chi connectivity index (χ3n) is 10.4. The van der Waals surface area contributed by atoms with Crippen molar-refractivity contribution in [3.8, 4) is 0 Å². The second kappa shape index (κ2) is 13.9. The molecule has 0 saturated carbocycles. The van der Waals surface area contributed by atoms with Gasteiger partial charge in [0.05, 0.1) is 31.3 Å². The summed E-state index contributed by atoms with van der Waals surface area (Å²) in [5, 5.41) is 9.87. The lowest BCUT2D eigenvalue weighted by molar-refractivity contribution is -0.139. The zero-order valence-electron chi connectivity index (χ0n) is 26.3. The van der Waals surface area contributed by atoms with Crippen molar-refractivity contribution in [1.82, 2.24) is 35.6 Å². The van der Waals surface area contributed by atoms with Crippen molar-refractivity contribution in [3.05, 3.63) is 23.2 Å². The Morgan fingerprint density at radius 3 is 2.53 bits per heavy atom. The predicted molar refractivity (Wildman–Crippen MR) is 163 cm³/mol. The molecule has 0 aliphatic carbocycles. The maximum atomic E-state index is 15.7. The number of alkyl halides is 1. The van der Waals surface area contributed by atoms with Gasteiger partial charge in [0.1, 0.15) is 17.9 Å². The first-order valence-corrected chi connectivity index (χ1v) is 16.3. The minimum absolute atomic E-state index is 0.0761. The van der Waals surface area contributed by atoms with Gasteiger partial charge in [-0.25, -0.2) is 8.78 Å². The number of nitrogens with two attached hydrogens (primary N) is 1. The molecule has 0 spiro atoms. The van der Waals surface area contributed by atoms with E-state index in [0.717, 1.165) is 50.0 Å².